The van der Waals surface area contributed by atoms with Gasteiger partial charge in [0.25, 0.3) is 0 Å². The number of hydrogen-bond donors (Lipinski definition) is 0. The van der Waals surface area contributed by atoms with Crippen molar-refractivity contribution in [2.45, 2.75) is 0 Å². The van der Waals surface area contributed by atoms with Crippen molar-refractivity contribution >= 4 is 17.1 Å². The molecule has 0 bridgehead atoms. The lowest BCUT2D eigenvalue weighted by atomic mass is 9.89. The van der Waals surface area contributed by atoms with Gasteiger partial charge in [0.05, 0.1) is 34.0 Å². The van der Waals surface area contributed by atoms with Gasteiger partial charge in [-0.3, -0.25) is 0 Å². The smallest absolute Gasteiger partial charge is 0.339 e. The highest BCUT2D eigenvalue weighted by Gasteiger charge is 2.21. The average molecular weight is 404 g/mol. The van der Waals surface area contributed by atoms with E-state index in [1.54, 1.807) is 21.3 Å². The molecule has 5 heteroatoms. The molecule has 30 heavy (non-hydrogen) atoms. The van der Waals surface area contributed by atoms with Crippen molar-refractivity contribution in [1.29, 1.82) is 0 Å². The van der Waals surface area contributed by atoms with Crippen molar-refractivity contribution in [3.05, 3.63) is 89.5 Å². The van der Waals surface area contributed by atoms with E-state index in [0.29, 0.717) is 11.3 Å². The summed E-state index contributed by atoms with van der Waals surface area (Å²) >= 11 is 0. The second-order valence-corrected chi connectivity index (χ2v) is 6.43. The summed E-state index contributed by atoms with van der Waals surface area (Å²) in [6.45, 7) is 0. The fourth-order valence-electron chi connectivity index (χ4n) is 3.19. The lowest BCUT2D eigenvalue weighted by Gasteiger charge is -2.16. The molecule has 0 saturated heterocycles. The topological polar surface area (TPSA) is 54.0 Å². The third-order valence-electron chi connectivity index (χ3n) is 4.78. The highest BCUT2D eigenvalue weighted by molar-refractivity contribution is 6.26. The molecule has 0 radical (unpaired) electrons. The minimum absolute atomic E-state index is 0.429. The van der Waals surface area contributed by atoms with E-state index in [1.807, 2.05) is 72.8 Å². The fraction of sp³-hybridized carbons (Fsp3) is 0.160. The summed E-state index contributed by atoms with van der Waals surface area (Å²) in [6.07, 6.45) is 0. The molecule has 0 unspecified atom stereocenters. The number of methoxy groups -OCH3 is 4. The molecule has 0 spiro atoms. The third-order valence-corrected chi connectivity index (χ3v) is 4.78. The third kappa shape index (κ3) is 4.46. The van der Waals surface area contributed by atoms with Crippen LogP contribution in [0.1, 0.15) is 16.7 Å². The van der Waals surface area contributed by atoms with Gasteiger partial charge >= 0.3 is 5.97 Å². The zero-order valence-corrected chi connectivity index (χ0v) is 17.5. The maximum Gasteiger partial charge on any atom is 0.339 e. The van der Waals surface area contributed by atoms with Crippen LogP contribution in [0.25, 0.3) is 11.1 Å². The van der Waals surface area contributed by atoms with Crippen molar-refractivity contribution in [2.24, 2.45) is 0 Å². The predicted octanol–water partition coefficient (Wildman–Crippen LogP) is 4.84. The first kappa shape index (κ1) is 21.0. The SMILES string of the molecule is COC(=O)C(=C(c1ccc(OC)cc1)c1ccc(OC)cc1)c1ccc(OC)cc1. The van der Waals surface area contributed by atoms with Gasteiger partial charge in [0.1, 0.15) is 17.2 Å². The molecule has 3 rings (SSSR count). The van der Waals surface area contributed by atoms with Crippen molar-refractivity contribution in [1.82, 2.24) is 0 Å². The maximum atomic E-state index is 12.9. The van der Waals surface area contributed by atoms with Gasteiger partial charge in [0, 0.05) is 5.57 Å². The van der Waals surface area contributed by atoms with Crippen LogP contribution in [0.5, 0.6) is 17.2 Å². The molecule has 0 aliphatic carbocycles. The van der Waals surface area contributed by atoms with Crippen LogP contribution in [0.3, 0.4) is 0 Å². The largest absolute Gasteiger partial charge is 0.497 e. The Labute approximate surface area is 176 Å². The van der Waals surface area contributed by atoms with E-state index in [1.165, 1.54) is 7.11 Å². The summed E-state index contributed by atoms with van der Waals surface area (Å²) < 4.78 is 21.0. The number of carbonyl (C=O) groups excluding carboxylic acids is 1. The molecule has 0 aliphatic rings. The normalized spacial score (nSPS) is 10.1. The summed E-state index contributed by atoms with van der Waals surface area (Å²) in [7, 11) is 6.22. The van der Waals surface area contributed by atoms with Gasteiger partial charge in [-0.05, 0) is 53.1 Å². The Hall–Kier alpha value is -3.73. The van der Waals surface area contributed by atoms with E-state index in [2.05, 4.69) is 0 Å². The summed E-state index contributed by atoms with van der Waals surface area (Å²) in [4.78, 5) is 12.9. The van der Waals surface area contributed by atoms with Gasteiger partial charge in [0.15, 0.2) is 0 Å². The summed E-state index contributed by atoms with van der Waals surface area (Å²) in [5, 5.41) is 0. The number of esters is 1. The van der Waals surface area contributed by atoms with Crippen LogP contribution in [0.2, 0.25) is 0 Å². The molecule has 0 N–H and O–H groups in total. The molecule has 154 valence electrons. The van der Waals surface area contributed by atoms with Crippen LogP contribution in [0.15, 0.2) is 72.8 Å². The lowest BCUT2D eigenvalue weighted by Crippen LogP contribution is -2.08. The first-order chi connectivity index (χ1) is 14.6. The molecule has 5 nitrogen and oxygen atoms in total. The standard InChI is InChI=1S/C25H24O5/c1-27-20-11-5-17(6-12-20)23(18-7-13-21(28-2)14-8-18)24(25(26)30-4)19-9-15-22(29-3)16-10-19/h5-16H,1-4H3. The van der Waals surface area contributed by atoms with Gasteiger partial charge in [-0.2, -0.15) is 0 Å². The number of benzene rings is 3. The highest BCUT2D eigenvalue weighted by Crippen LogP contribution is 2.35. The van der Waals surface area contributed by atoms with Crippen LogP contribution in [0.4, 0.5) is 0 Å². The lowest BCUT2D eigenvalue weighted by molar-refractivity contribution is -0.133. The van der Waals surface area contributed by atoms with Crippen molar-refractivity contribution in [2.75, 3.05) is 28.4 Å². The van der Waals surface area contributed by atoms with E-state index in [0.717, 1.165) is 33.8 Å². The Morgan fingerprint density at radius 2 is 0.867 bits per heavy atom. The molecule has 0 saturated carbocycles. The molecule has 0 aromatic heterocycles. The molecular formula is C25H24O5. The average Bonchev–Trinajstić information content (AvgIpc) is 2.82. The Kier molecular flexibility index (Phi) is 6.75. The zero-order valence-electron chi connectivity index (χ0n) is 17.5. The van der Waals surface area contributed by atoms with Crippen LogP contribution in [0, 0.1) is 0 Å². The predicted molar refractivity (Wildman–Crippen MR) is 117 cm³/mol. The zero-order chi connectivity index (χ0) is 21.5. The number of hydrogen-bond acceptors (Lipinski definition) is 5. The monoisotopic (exact) mass is 404 g/mol. The summed E-state index contributed by atoms with van der Waals surface area (Å²) in [6, 6.07) is 22.5. The Morgan fingerprint density at radius 3 is 1.17 bits per heavy atom. The van der Waals surface area contributed by atoms with E-state index < -0.39 is 5.97 Å². The van der Waals surface area contributed by atoms with Crippen LogP contribution < -0.4 is 14.2 Å². The molecule has 0 atom stereocenters. The molecule has 3 aromatic rings. The fourth-order valence-corrected chi connectivity index (χ4v) is 3.19. The summed E-state index contributed by atoms with van der Waals surface area (Å²) in [5.41, 5.74) is 3.64. The quantitative estimate of drug-likeness (QED) is 0.320. The van der Waals surface area contributed by atoms with Gasteiger partial charge in [-0.15, -0.1) is 0 Å². The van der Waals surface area contributed by atoms with Gasteiger partial charge in [-0.25, -0.2) is 4.79 Å². The first-order valence-corrected chi connectivity index (χ1v) is 9.37. The molecule has 0 aliphatic heterocycles. The Balaban J connectivity index is 2.29. The number of rotatable bonds is 7. The van der Waals surface area contributed by atoms with E-state index in [9.17, 15) is 4.79 Å². The number of ether oxygens (including phenoxy) is 4. The van der Waals surface area contributed by atoms with Crippen LogP contribution in [-0.4, -0.2) is 34.4 Å². The van der Waals surface area contributed by atoms with E-state index in [4.69, 9.17) is 18.9 Å². The van der Waals surface area contributed by atoms with Crippen molar-refractivity contribution in [3.8, 4) is 17.2 Å². The van der Waals surface area contributed by atoms with Crippen molar-refractivity contribution in [3.63, 3.8) is 0 Å². The Morgan fingerprint density at radius 1 is 0.533 bits per heavy atom. The molecule has 0 heterocycles. The number of carbonyl (C=O) groups is 1. The van der Waals surface area contributed by atoms with Gasteiger partial charge in [0.2, 0.25) is 0 Å². The van der Waals surface area contributed by atoms with Crippen molar-refractivity contribution < 1.29 is 23.7 Å². The molecule has 3 aromatic carbocycles. The Bertz CT molecular complexity index is 967. The highest BCUT2D eigenvalue weighted by atomic mass is 16.5. The van der Waals surface area contributed by atoms with E-state index in [-0.39, 0.29) is 0 Å². The van der Waals surface area contributed by atoms with Crippen LogP contribution in [-0.2, 0) is 9.53 Å². The van der Waals surface area contributed by atoms with Crippen LogP contribution >= 0.6 is 0 Å². The molecule has 0 amide bonds. The second-order valence-electron chi connectivity index (χ2n) is 6.43. The summed E-state index contributed by atoms with van der Waals surface area (Å²) in [5.74, 6) is 1.74. The van der Waals surface area contributed by atoms with Gasteiger partial charge < -0.3 is 18.9 Å². The maximum absolute atomic E-state index is 12.9. The first-order valence-electron chi connectivity index (χ1n) is 9.37. The second kappa shape index (κ2) is 9.65. The van der Waals surface area contributed by atoms with Gasteiger partial charge in [-0.1, -0.05) is 36.4 Å². The minimum Gasteiger partial charge on any atom is -0.497 e. The molecule has 0 fully saturated rings. The minimum atomic E-state index is -0.429. The van der Waals surface area contributed by atoms with E-state index >= 15 is 0 Å². The molecular weight excluding hydrogens is 380 g/mol.